The number of benzene rings is 4. The Labute approximate surface area is 349 Å². The first kappa shape index (κ1) is 42.4. The number of alkyl carbamates (subject to hydrolysis) is 2. The maximum Gasteiger partial charge on any atom is 0.407 e. The van der Waals surface area contributed by atoms with Crippen LogP contribution in [0.15, 0.2) is 122 Å². The number of H-pyrrole nitrogens is 2. The number of amides is 4. The molecular weight excluding hydrogens is 761 g/mol. The smallest absolute Gasteiger partial charge is 0.407 e. The lowest BCUT2D eigenvalue weighted by Gasteiger charge is -2.27. The molecule has 0 aliphatic rings. The molecule has 0 bridgehead atoms. The van der Waals surface area contributed by atoms with E-state index in [1.54, 1.807) is 46.5 Å². The minimum Gasteiger partial charge on any atom is -0.453 e. The quantitative estimate of drug-likeness (QED) is 0.0722. The molecule has 6 aromatic rings. The van der Waals surface area contributed by atoms with Crippen molar-refractivity contribution in [3.63, 3.8) is 0 Å². The van der Waals surface area contributed by atoms with Crippen molar-refractivity contribution in [2.45, 2.75) is 51.9 Å². The molecule has 4 aromatic carbocycles. The van der Waals surface area contributed by atoms with Crippen LogP contribution in [0.1, 0.15) is 61.5 Å². The van der Waals surface area contributed by atoms with E-state index in [1.807, 2.05) is 98.8 Å². The molecule has 2 atom stereocenters. The summed E-state index contributed by atoms with van der Waals surface area (Å²) in [5.41, 5.74) is 6.88. The predicted molar refractivity (Wildman–Crippen MR) is 228 cm³/mol. The Bertz CT molecular complexity index is 2160. The van der Waals surface area contributed by atoms with Crippen LogP contribution < -0.4 is 10.6 Å². The zero-order valence-corrected chi connectivity index (χ0v) is 34.2. The first-order valence-corrected chi connectivity index (χ1v) is 19.9. The van der Waals surface area contributed by atoms with Gasteiger partial charge < -0.3 is 39.9 Å². The molecule has 4 N–H and O–H groups in total. The molecule has 0 fully saturated rings. The fourth-order valence-electron chi connectivity index (χ4n) is 6.88. The van der Waals surface area contributed by atoms with Gasteiger partial charge in [-0.25, -0.2) is 19.6 Å². The van der Waals surface area contributed by atoms with E-state index in [2.05, 4.69) is 30.6 Å². The van der Waals surface area contributed by atoms with Crippen molar-refractivity contribution in [3.05, 3.63) is 144 Å². The van der Waals surface area contributed by atoms with Crippen molar-refractivity contribution >= 4 is 24.0 Å². The second-order valence-corrected chi connectivity index (χ2v) is 14.1. The van der Waals surface area contributed by atoms with Gasteiger partial charge in [0, 0.05) is 13.1 Å². The fourth-order valence-corrected chi connectivity index (χ4v) is 6.88. The van der Waals surface area contributed by atoms with Crippen LogP contribution >= 0.6 is 0 Å². The minimum atomic E-state index is -0.908. The Morgan fingerprint density at radius 3 is 1.23 bits per heavy atom. The summed E-state index contributed by atoms with van der Waals surface area (Å²) in [5.74, 6) is 0.720. The van der Waals surface area contributed by atoms with Crippen molar-refractivity contribution in [2.24, 2.45) is 0 Å². The second kappa shape index (κ2) is 20.5. The topological polar surface area (TPSA) is 175 Å². The Hall–Kier alpha value is -7.22. The number of aromatic nitrogens is 4. The molecule has 310 valence electrons. The zero-order chi connectivity index (χ0) is 42.4. The highest BCUT2D eigenvalue weighted by Gasteiger charge is 2.30. The Kier molecular flexibility index (Phi) is 14.5. The van der Waals surface area contributed by atoms with Crippen LogP contribution in [-0.4, -0.2) is 81.0 Å². The number of imidazole rings is 2. The van der Waals surface area contributed by atoms with Gasteiger partial charge in [0.05, 0.1) is 51.1 Å². The van der Waals surface area contributed by atoms with Gasteiger partial charge >= 0.3 is 12.2 Å². The predicted octanol–water partition coefficient (Wildman–Crippen LogP) is 7.81. The van der Waals surface area contributed by atoms with Gasteiger partial charge in [-0.1, -0.05) is 123 Å². The monoisotopic (exact) mass is 810 g/mol. The molecule has 14 nitrogen and oxygen atoms in total. The van der Waals surface area contributed by atoms with Crippen LogP contribution in [-0.2, 0) is 32.2 Å². The van der Waals surface area contributed by atoms with Gasteiger partial charge in [0.2, 0.25) is 11.8 Å². The zero-order valence-electron chi connectivity index (χ0n) is 34.2. The fraction of sp³-hybridized carbons (Fsp3) is 0.261. The Balaban J connectivity index is 1.10. The van der Waals surface area contributed by atoms with Gasteiger partial charge in [-0.15, -0.1) is 0 Å². The van der Waals surface area contributed by atoms with Crippen LogP contribution in [0.2, 0.25) is 0 Å². The van der Waals surface area contributed by atoms with Crippen LogP contribution in [0.4, 0.5) is 9.59 Å². The van der Waals surface area contributed by atoms with Gasteiger partial charge in [-0.2, -0.15) is 0 Å². The molecule has 4 amide bonds. The van der Waals surface area contributed by atoms with E-state index in [-0.39, 0.29) is 24.9 Å². The minimum absolute atomic E-state index is 0.236. The summed E-state index contributed by atoms with van der Waals surface area (Å²) in [6.45, 7) is 5.40. The first-order valence-electron chi connectivity index (χ1n) is 19.9. The van der Waals surface area contributed by atoms with Crippen molar-refractivity contribution in [1.82, 2.24) is 40.4 Å². The van der Waals surface area contributed by atoms with E-state index in [0.29, 0.717) is 35.9 Å². The number of ether oxygens (including phenoxy) is 2. The summed E-state index contributed by atoms with van der Waals surface area (Å²) in [4.78, 5) is 71.2. The molecule has 14 heteroatoms. The SMILES string of the molecule is CCCN(Cc1ncc(-c2ccc(-c3ccc(-c4cnc(CN(CCC)C(=O)[C@H](NC(=O)OC)c5ccccc5)[nH]4)cc3)cc2)[nH]1)C(=O)[C@H](NC(=O)OC)c1ccccc1. The van der Waals surface area contributed by atoms with Crippen molar-refractivity contribution < 1.29 is 28.7 Å². The van der Waals surface area contributed by atoms with E-state index >= 15 is 0 Å². The van der Waals surface area contributed by atoms with E-state index < -0.39 is 24.3 Å². The number of rotatable bonds is 17. The molecular formula is C46H50N8O6. The summed E-state index contributed by atoms with van der Waals surface area (Å²) >= 11 is 0. The lowest BCUT2D eigenvalue weighted by molar-refractivity contribution is -0.135. The Morgan fingerprint density at radius 2 is 0.900 bits per heavy atom. The number of carbonyl (C=O) groups is 4. The van der Waals surface area contributed by atoms with Crippen molar-refractivity contribution in [3.8, 4) is 33.6 Å². The van der Waals surface area contributed by atoms with E-state index in [0.717, 1.165) is 46.5 Å². The van der Waals surface area contributed by atoms with E-state index in [1.165, 1.54) is 14.2 Å². The van der Waals surface area contributed by atoms with Crippen molar-refractivity contribution in [2.75, 3.05) is 27.3 Å². The van der Waals surface area contributed by atoms with Gasteiger partial charge in [-0.05, 0) is 46.2 Å². The van der Waals surface area contributed by atoms with Gasteiger partial charge in [-0.3, -0.25) is 9.59 Å². The molecule has 0 radical (unpaired) electrons. The maximum absolute atomic E-state index is 13.8. The average molecular weight is 811 g/mol. The van der Waals surface area contributed by atoms with Crippen LogP contribution in [0.3, 0.4) is 0 Å². The van der Waals surface area contributed by atoms with Gasteiger partial charge in [0.1, 0.15) is 23.7 Å². The largest absolute Gasteiger partial charge is 0.453 e. The summed E-state index contributed by atoms with van der Waals surface area (Å²) in [5, 5.41) is 5.37. The standard InChI is InChI=1S/C46H50N8O6/c1-5-25-53(43(55)41(51-45(57)59-3)35-13-9-7-10-14-35)29-39-47-27-37(49-39)33-21-17-31(18-22-33)32-19-23-34(24-20-32)38-28-48-40(50-38)30-54(26-6-2)44(56)42(52-46(58)60-4)36-15-11-8-12-16-36/h7-24,27-28,41-42H,5-6,25-26,29-30H2,1-4H3,(H,47,49)(H,48,50)(H,51,57)(H,52,58)/t41-,42-/m1/s1. The van der Waals surface area contributed by atoms with E-state index in [4.69, 9.17) is 9.47 Å². The number of hydrogen-bond acceptors (Lipinski definition) is 8. The Morgan fingerprint density at radius 1 is 0.550 bits per heavy atom. The molecule has 0 saturated carbocycles. The second-order valence-electron chi connectivity index (χ2n) is 14.1. The number of carbonyl (C=O) groups excluding carboxylic acids is 4. The van der Waals surface area contributed by atoms with Gasteiger partial charge in [0.15, 0.2) is 0 Å². The first-order chi connectivity index (χ1) is 29.2. The van der Waals surface area contributed by atoms with Crippen LogP contribution in [0.25, 0.3) is 33.6 Å². The number of aromatic amines is 2. The average Bonchev–Trinajstić information content (AvgIpc) is 3.97. The number of methoxy groups -OCH3 is 2. The van der Waals surface area contributed by atoms with Crippen molar-refractivity contribution in [1.29, 1.82) is 0 Å². The third-order valence-corrected chi connectivity index (χ3v) is 9.93. The number of nitrogens with one attached hydrogen (secondary N) is 4. The summed E-state index contributed by atoms with van der Waals surface area (Å²) in [6.07, 6.45) is 3.58. The maximum atomic E-state index is 13.8. The highest BCUT2D eigenvalue weighted by Crippen LogP contribution is 2.28. The highest BCUT2D eigenvalue weighted by molar-refractivity contribution is 5.88. The lowest BCUT2D eigenvalue weighted by Crippen LogP contribution is -2.43. The summed E-state index contributed by atoms with van der Waals surface area (Å²) in [6, 6.07) is 32.7. The molecule has 6 rings (SSSR count). The third-order valence-electron chi connectivity index (χ3n) is 9.93. The molecule has 60 heavy (non-hydrogen) atoms. The van der Waals surface area contributed by atoms with E-state index in [9.17, 15) is 19.2 Å². The third kappa shape index (κ3) is 10.6. The van der Waals surface area contributed by atoms with Crippen LogP contribution in [0, 0.1) is 0 Å². The molecule has 0 spiro atoms. The molecule has 0 aliphatic heterocycles. The van der Waals surface area contributed by atoms with Gasteiger partial charge in [0.25, 0.3) is 0 Å². The summed E-state index contributed by atoms with van der Waals surface area (Å²) < 4.78 is 9.62. The molecule has 2 heterocycles. The number of nitrogens with zero attached hydrogens (tertiary/aromatic N) is 4. The van der Waals surface area contributed by atoms with Crippen LogP contribution in [0.5, 0.6) is 0 Å². The highest BCUT2D eigenvalue weighted by atomic mass is 16.5. The molecule has 0 aliphatic carbocycles. The lowest BCUT2D eigenvalue weighted by atomic mass is 10.0. The molecule has 0 saturated heterocycles. The summed E-state index contributed by atoms with van der Waals surface area (Å²) in [7, 11) is 2.54. The number of hydrogen-bond donors (Lipinski definition) is 4. The molecule has 0 unspecified atom stereocenters. The molecule has 2 aromatic heterocycles. The normalized spacial score (nSPS) is 11.9.